The van der Waals surface area contributed by atoms with Crippen molar-refractivity contribution in [3.05, 3.63) is 83.4 Å². The molecule has 0 aliphatic carbocycles. The summed E-state index contributed by atoms with van der Waals surface area (Å²) >= 11 is 0. The molecule has 38 heavy (non-hydrogen) atoms. The second-order valence-electron chi connectivity index (χ2n) is 9.09. The Morgan fingerprint density at radius 1 is 0.921 bits per heavy atom. The fourth-order valence-electron chi connectivity index (χ4n) is 4.39. The number of hydrogen-bond donors (Lipinski definition) is 2. The van der Waals surface area contributed by atoms with E-state index in [-0.39, 0.29) is 19.4 Å². The first-order chi connectivity index (χ1) is 18.5. The number of benzene rings is 3. The number of aliphatic hydroxyl groups is 1. The Kier molecular flexibility index (Phi) is 9.40. The first-order valence-electron chi connectivity index (χ1n) is 13.0. The number of nitrogens with one attached hydrogen (secondary N) is 1. The summed E-state index contributed by atoms with van der Waals surface area (Å²) in [6, 6.07) is 21.4. The van der Waals surface area contributed by atoms with Gasteiger partial charge in [0.1, 0.15) is 24.2 Å². The van der Waals surface area contributed by atoms with Crippen LogP contribution in [0.3, 0.4) is 0 Å². The molecule has 1 unspecified atom stereocenters. The summed E-state index contributed by atoms with van der Waals surface area (Å²) in [4.78, 5) is 11.4. The SMILES string of the molecule is CCCNCC(O)COc1ccc(/C(=C(/CC)c2ccc3c(c2)OCO3)c2ccc(OC(C)=O)cc2)cc1. The minimum atomic E-state index is -0.579. The fourth-order valence-corrected chi connectivity index (χ4v) is 4.39. The Balaban J connectivity index is 1.66. The molecule has 7 nitrogen and oxygen atoms in total. The molecule has 1 heterocycles. The smallest absolute Gasteiger partial charge is 0.308 e. The number of ether oxygens (including phenoxy) is 4. The quantitative estimate of drug-likeness (QED) is 0.143. The number of carbonyl (C=O) groups excluding carboxylic acids is 1. The van der Waals surface area contributed by atoms with Crippen molar-refractivity contribution in [1.29, 1.82) is 0 Å². The van der Waals surface area contributed by atoms with Crippen LogP contribution >= 0.6 is 0 Å². The number of carbonyl (C=O) groups is 1. The van der Waals surface area contributed by atoms with Crippen molar-refractivity contribution in [2.45, 2.75) is 39.7 Å². The third kappa shape index (κ3) is 6.94. The van der Waals surface area contributed by atoms with Crippen molar-refractivity contribution in [2.24, 2.45) is 0 Å². The van der Waals surface area contributed by atoms with Crippen LogP contribution in [-0.2, 0) is 4.79 Å². The van der Waals surface area contributed by atoms with Gasteiger partial charge in [0.15, 0.2) is 11.5 Å². The first kappa shape index (κ1) is 27.2. The number of hydrogen-bond acceptors (Lipinski definition) is 7. The average Bonchev–Trinajstić information content (AvgIpc) is 3.39. The van der Waals surface area contributed by atoms with Gasteiger partial charge in [0.2, 0.25) is 6.79 Å². The highest BCUT2D eigenvalue weighted by Gasteiger charge is 2.18. The summed E-state index contributed by atoms with van der Waals surface area (Å²) in [5.41, 5.74) is 5.23. The van der Waals surface area contributed by atoms with Crippen LogP contribution in [0.1, 0.15) is 50.3 Å². The molecule has 2 N–H and O–H groups in total. The topological polar surface area (TPSA) is 86.2 Å². The van der Waals surface area contributed by atoms with Crippen molar-refractivity contribution in [3.8, 4) is 23.0 Å². The molecule has 0 spiro atoms. The lowest BCUT2D eigenvalue weighted by atomic mass is 9.88. The van der Waals surface area contributed by atoms with Gasteiger partial charge in [0, 0.05) is 13.5 Å². The number of allylic oxidation sites excluding steroid dienone is 1. The molecule has 3 aromatic rings. The zero-order chi connectivity index (χ0) is 26.9. The highest BCUT2D eigenvalue weighted by Crippen LogP contribution is 2.40. The van der Waals surface area contributed by atoms with E-state index in [1.807, 2.05) is 54.6 Å². The summed E-state index contributed by atoms with van der Waals surface area (Å²) in [6.45, 7) is 7.40. The second kappa shape index (κ2) is 13.1. The highest BCUT2D eigenvalue weighted by molar-refractivity contribution is 5.99. The van der Waals surface area contributed by atoms with Gasteiger partial charge in [-0.05, 0) is 83.6 Å². The summed E-state index contributed by atoms with van der Waals surface area (Å²) in [5.74, 6) is 2.30. The maximum atomic E-state index is 11.4. The molecular weight excluding hydrogens is 482 g/mol. The number of aliphatic hydroxyl groups excluding tert-OH is 1. The predicted molar refractivity (Wildman–Crippen MR) is 148 cm³/mol. The molecule has 0 fully saturated rings. The van der Waals surface area contributed by atoms with E-state index in [9.17, 15) is 9.90 Å². The Morgan fingerprint density at radius 2 is 1.55 bits per heavy atom. The molecule has 0 saturated heterocycles. The summed E-state index contributed by atoms with van der Waals surface area (Å²) < 4.78 is 22.2. The van der Waals surface area contributed by atoms with Gasteiger partial charge in [0.25, 0.3) is 0 Å². The van der Waals surface area contributed by atoms with Gasteiger partial charge >= 0.3 is 5.97 Å². The van der Waals surface area contributed by atoms with E-state index in [4.69, 9.17) is 18.9 Å². The normalized spacial score (nSPS) is 13.6. The number of fused-ring (bicyclic) bond motifs is 1. The minimum absolute atomic E-state index is 0.216. The maximum absolute atomic E-state index is 11.4. The van der Waals surface area contributed by atoms with Crippen LogP contribution in [0.15, 0.2) is 66.7 Å². The van der Waals surface area contributed by atoms with Crippen molar-refractivity contribution in [2.75, 3.05) is 26.5 Å². The standard InChI is InChI=1S/C31H35NO6/c1-4-16-32-18-25(34)19-35-26-11-6-22(7-12-26)31(23-8-13-27(14-9-23)38-21(3)33)28(5-2)24-10-15-29-30(17-24)37-20-36-29/h6-15,17,25,32,34H,4-5,16,18-20H2,1-3H3/b31-28+. The zero-order valence-electron chi connectivity index (χ0n) is 22.2. The summed E-state index contributed by atoms with van der Waals surface area (Å²) in [5, 5.41) is 13.4. The van der Waals surface area contributed by atoms with Crippen LogP contribution in [0.25, 0.3) is 11.1 Å². The Hall–Kier alpha value is -3.81. The largest absolute Gasteiger partial charge is 0.491 e. The monoisotopic (exact) mass is 517 g/mol. The lowest BCUT2D eigenvalue weighted by molar-refractivity contribution is -0.131. The molecule has 0 bridgehead atoms. The molecule has 3 aromatic carbocycles. The highest BCUT2D eigenvalue weighted by atomic mass is 16.7. The first-order valence-corrected chi connectivity index (χ1v) is 13.0. The van der Waals surface area contributed by atoms with E-state index in [0.29, 0.717) is 18.0 Å². The molecule has 0 radical (unpaired) electrons. The van der Waals surface area contributed by atoms with Crippen LogP contribution in [0, 0.1) is 0 Å². The molecule has 4 rings (SSSR count). The number of rotatable bonds is 12. The van der Waals surface area contributed by atoms with Crippen molar-refractivity contribution in [3.63, 3.8) is 0 Å². The van der Waals surface area contributed by atoms with Gasteiger partial charge in [-0.25, -0.2) is 0 Å². The number of esters is 1. The summed E-state index contributed by atoms with van der Waals surface area (Å²) in [6.07, 6.45) is 1.21. The van der Waals surface area contributed by atoms with Gasteiger partial charge in [-0.15, -0.1) is 0 Å². The van der Waals surface area contributed by atoms with Crippen molar-refractivity contribution in [1.82, 2.24) is 5.32 Å². The lowest BCUT2D eigenvalue weighted by Gasteiger charge is -2.18. The van der Waals surface area contributed by atoms with E-state index in [2.05, 4.69) is 19.2 Å². The molecular formula is C31H35NO6. The molecule has 200 valence electrons. The van der Waals surface area contributed by atoms with Crippen molar-refractivity contribution >= 4 is 17.1 Å². The maximum Gasteiger partial charge on any atom is 0.308 e. The molecule has 0 aromatic heterocycles. The van der Waals surface area contributed by atoms with Gasteiger partial charge in [0.05, 0.1) is 0 Å². The van der Waals surface area contributed by atoms with Crippen LogP contribution in [0.2, 0.25) is 0 Å². The molecule has 0 saturated carbocycles. The molecule has 1 aliphatic heterocycles. The Bertz CT molecular complexity index is 1250. The van der Waals surface area contributed by atoms with Gasteiger partial charge in [-0.1, -0.05) is 44.2 Å². The van der Waals surface area contributed by atoms with Crippen molar-refractivity contribution < 1.29 is 28.8 Å². The van der Waals surface area contributed by atoms with Crippen LogP contribution in [0.4, 0.5) is 0 Å². The third-order valence-corrected chi connectivity index (χ3v) is 6.17. The second-order valence-corrected chi connectivity index (χ2v) is 9.09. The van der Waals surface area contributed by atoms with Crippen LogP contribution in [-0.4, -0.2) is 43.7 Å². The predicted octanol–water partition coefficient (Wildman–Crippen LogP) is 5.45. The third-order valence-electron chi connectivity index (χ3n) is 6.17. The average molecular weight is 518 g/mol. The van der Waals surface area contributed by atoms with E-state index >= 15 is 0 Å². The van der Waals surface area contributed by atoms with Crippen LogP contribution < -0.4 is 24.3 Å². The van der Waals surface area contributed by atoms with E-state index in [1.165, 1.54) is 6.92 Å². The fraction of sp³-hybridized carbons (Fsp3) is 0.323. The Morgan fingerprint density at radius 3 is 2.18 bits per heavy atom. The zero-order valence-corrected chi connectivity index (χ0v) is 22.2. The Labute approximate surface area is 224 Å². The van der Waals surface area contributed by atoms with E-state index in [0.717, 1.165) is 58.7 Å². The molecule has 0 amide bonds. The molecule has 1 aliphatic rings. The minimum Gasteiger partial charge on any atom is -0.491 e. The lowest BCUT2D eigenvalue weighted by Crippen LogP contribution is -2.31. The van der Waals surface area contributed by atoms with Gasteiger partial charge in [-0.3, -0.25) is 4.79 Å². The van der Waals surface area contributed by atoms with E-state index < -0.39 is 6.10 Å². The van der Waals surface area contributed by atoms with Crippen LogP contribution in [0.5, 0.6) is 23.0 Å². The summed E-state index contributed by atoms with van der Waals surface area (Å²) in [7, 11) is 0. The molecule has 1 atom stereocenters. The van der Waals surface area contributed by atoms with Gasteiger partial charge < -0.3 is 29.4 Å². The van der Waals surface area contributed by atoms with Gasteiger partial charge in [-0.2, -0.15) is 0 Å². The molecule has 7 heteroatoms. The van der Waals surface area contributed by atoms with E-state index in [1.54, 1.807) is 12.1 Å².